The molecule has 0 spiro atoms. The zero-order chi connectivity index (χ0) is 14.1. The number of imide groups is 1. The topological polar surface area (TPSA) is 55.4 Å². The van der Waals surface area contributed by atoms with Crippen molar-refractivity contribution in [3.63, 3.8) is 0 Å². The fourth-order valence-electron chi connectivity index (χ4n) is 3.18. The summed E-state index contributed by atoms with van der Waals surface area (Å²) in [6.45, 7) is 0.701. The lowest BCUT2D eigenvalue weighted by atomic mass is 9.76. The van der Waals surface area contributed by atoms with Crippen LogP contribution in [0.15, 0.2) is 24.3 Å². The van der Waals surface area contributed by atoms with Gasteiger partial charge in [-0.2, -0.15) is 0 Å². The number of halogens is 1. The molecule has 0 aromatic heterocycles. The maximum atomic E-state index is 12.3. The lowest BCUT2D eigenvalue weighted by Gasteiger charge is -2.34. The number of ether oxygens (including phenoxy) is 1. The number of carbonyl (C=O) groups is 2. The number of carbonyl (C=O) groups excluding carboxylic acids is 2. The summed E-state index contributed by atoms with van der Waals surface area (Å²) in [7, 11) is 0. The maximum Gasteiger partial charge on any atom is 0.234 e. The van der Waals surface area contributed by atoms with Gasteiger partial charge in [0.05, 0.1) is 12.0 Å². The van der Waals surface area contributed by atoms with Crippen LogP contribution in [0.3, 0.4) is 0 Å². The van der Waals surface area contributed by atoms with Crippen molar-refractivity contribution < 1.29 is 14.3 Å². The predicted molar refractivity (Wildman–Crippen MR) is 74.4 cm³/mol. The van der Waals surface area contributed by atoms with Crippen LogP contribution < -0.4 is 5.32 Å². The standard InChI is InChI=1S/C15H16ClNO3/c16-11-5-2-1-4-9(11)14-10(12-6-3-7-20-12)8-13(18)17-15(14)19/h1-2,4-5,10,12,14H,3,6-8H2,(H,17,18,19). The highest BCUT2D eigenvalue weighted by Gasteiger charge is 2.43. The molecule has 0 saturated carbocycles. The first kappa shape index (κ1) is 13.6. The number of piperidine rings is 1. The molecule has 1 N–H and O–H groups in total. The maximum absolute atomic E-state index is 12.3. The van der Waals surface area contributed by atoms with E-state index in [1.165, 1.54) is 0 Å². The van der Waals surface area contributed by atoms with Crippen molar-refractivity contribution in [1.82, 2.24) is 5.32 Å². The van der Waals surface area contributed by atoms with Crippen LogP contribution in [0.2, 0.25) is 5.02 Å². The molecule has 0 aliphatic carbocycles. The summed E-state index contributed by atoms with van der Waals surface area (Å²) >= 11 is 6.23. The van der Waals surface area contributed by atoms with Crippen molar-refractivity contribution in [2.75, 3.05) is 6.61 Å². The molecule has 2 fully saturated rings. The van der Waals surface area contributed by atoms with Gasteiger partial charge in [0, 0.05) is 24.0 Å². The summed E-state index contributed by atoms with van der Waals surface area (Å²) in [6, 6.07) is 7.31. The average Bonchev–Trinajstić information content (AvgIpc) is 2.93. The lowest BCUT2D eigenvalue weighted by molar-refractivity contribution is -0.138. The smallest absolute Gasteiger partial charge is 0.234 e. The van der Waals surface area contributed by atoms with Crippen molar-refractivity contribution in [2.45, 2.75) is 31.3 Å². The zero-order valence-electron chi connectivity index (χ0n) is 11.0. The van der Waals surface area contributed by atoms with Crippen molar-refractivity contribution in [1.29, 1.82) is 0 Å². The van der Waals surface area contributed by atoms with E-state index in [0.29, 0.717) is 18.1 Å². The molecule has 0 radical (unpaired) electrons. The second-order valence-corrected chi connectivity index (χ2v) is 5.74. The van der Waals surface area contributed by atoms with Gasteiger partial charge in [0.25, 0.3) is 0 Å². The Kier molecular flexibility index (Phi) is 3.76. The summed E-state index contributed by atoms with van der Waals surface area (Å²) in [5.74, 6) is -1.03. The first-order chi connectivity index (χ1) is 9.66. The zero-order valence-corrected chi connectivity index (χ0v) is 11.7. The molecule has 2 amide bonds. The van der Waals surface area contributed by atoms with Gasteiger partial charge in [0.2, 0.25) is 11.8 Å². The van der Waals surface area contributed by atoms with Crippen LogP contribution in [-0.4, -0.2) is 24.5 Å². The molecule has 2 saturated heterocycles. The van der Waals surface area contributed by atoms with Crippen LogP contribution in [-0.2, 0) is 14.3 Å². The third-order valence-corrected chi connectivity index (χ3v) is 4.42. The van der Waals surface area contributed by atoms with Gasteiger partial charge >= 0.3 is 0 Å². The van der Waals surface area contributed by atoms with E-state index in [1.807, 2.05) is 18.2 Å². The average molecular weight is 294 g/mol. The third-order valence-electron chi connectivity index (χ3n) is 4.08. The molecule has 1 aromatic carbocycles. The summed E-state index contributed by atoms with van der Waals surface area (Å²) in [4.78, 5) is 24.0. The van der Waals surface area contributed by atoms with E-state index in [0.717, 1.165) is 18.4 Å². The number of nitrogens with one attached hydrogen (secondary N) is 1. The highest BCUT2D eigenvalue weighted by atomic mass is 35.5. The molecule has 20 heavy (non-hydrogen) atoms. The molecule has 106 valence electrons. The SMILES string of the molecule is O=C1CC(C2CCCO2)C(c2ccccc2Cl)C(=O)N1. The summed E-state index contributed by atoms with van der Waals surface area (Å²) in [5, 5.41) is 2.98. The predicted octanol–water partition coefficient (Wildman–Crippen LogP) is 2.27. The molecule has 3 atom stereocenters. The van der Waals surface area contributed by atoms with Gasteiger partial charge in [-0.15, -0.1) is 0 Å². The number of rotatable bonds is 2. The third kappa shape index (κ3) is 2.45. The largest absolute Gasteiger partial charge is 0.378 e. The van der Waals surface area contributed by atoms with Crippen molar-refractivity contribution in [3.05, 3.63) is 34.9 Å². The fraction of sp³-hybridized carbons (Fsp3) is 0.467. The van der Waals surface area contributed by atoms with E-state index in [9.17, 15) is 9.59 Å². The van der Waals surface area contributed by atoms with Crippen LogP contribution >= 0.6 is 11.6 Å². The highest BCUT2D eigenvalue weighted by Crippen LogP contribution is 2.39. The van der Waals surface area contributed by atoms with Crippen LogP contribution in [0.25, 0.3) is 0 Å². The van der Waals surface area contributed by atoms with E-state index in [1.54, 1.807) is 6.07 Å². The number of benzene rings is 1. The Balaban J connectivity index is 1.97. The molecule has 2 aliphatic rings. The second-order valence-electron chi connectivity index (χ2n) is 5.33. The molecule has 0 bridgehead atoms. The van der Waals surface area contributed by atoms with Gasteiger partial charge in [-0.25, -0.2) is 0 Å². The van der Waals surface area contributed by atoms with E-state index < -0.39 is 5.92 Å². The summed E-state index contributed by atoms with van der Waals surface area (Å²) < 4.78 is 5.71. The van der Waals surface area contributed by atoms with Gasteiger partial charge in [-0.1, -0.05) is 29.8 Å². The van der Waals surface area contributed by atoms with E-state index in [4.69, 9.17) is 16.3 Å². The molecular weight excluding hydrogens is 278 g/mol. The first-order valence-corrected chi connectivity index (χ1v) is 7.24. The van der Waals surface area contributed by atoms with Crippen LogP contribution in [0.5, 0.6) is 0 Å². The lowest BCUT2D eigenvalue weighted by Crippen LogP contribution is -2.47. The Hall–Kier alpha value is -1.39. The minimum Gasteiger partial charge on any atom is -0.378 e. The Morgan fingerprint density at radius 3 is 2.75 bits per heavy atom. The van der Waals surface area contributed by atoms with Gasteiger partial charge in [-0.3, -0.25) is 14.9 Å². The van der Waals surface area contributed by atoms with E-state index in [-0.39, 0.29) is 23.8 Å². The molecule has 2 aliphatic heterocycles. The Morgan fingerprint density at radius 1 is 1.25 bits per heavy atom. The Morgan fingerprint density at radius 2 is 2.05 bits per heavy atom. The Labute approximate surface area is 122 Å². The minimum absolute atomic E-state index is 0.0359. The van der Waals surface area contributed by atoms with Crippen molar-refractivity contribution in [3.8, 4) is 0 Å². The molecule has 5 heteroatoms. The second kappa shape index (κ2) is 5.54. The summed E-state index contributed by atoms with van der Waals surface area (Å²) in [6.07, 6.45) is 2.15. The van der Waals surface area contributed by atoms with Gasteiger partial charge in [0.15, 0.2) is 0 Å². The number of amides is 2. The quantitative estimate of drug-likeness (QED) is 0.851. The fourth-order valence-corrected chi connectivity index (χ4v) is 3.43. The normalized spacial score (nSPS) is 30.4. The summed E-state index contributed by atoms with van der Waals surface area (Å²) in [5.41, 5.74) is 0.777. The van der Waals surface area contributed by atoms with Gasteiger partial charge < -0.3 is 4.74 Å². The number of hydrogen-bond acceptors (Lipinski definition) is 3. The molecular formula is C15H16ClNO3. The Bertz CT molecular complexity index is 540. The van der Waals surface area contributed by atoms with Crippen molar-refractivity contribution in [2.24, 2.45) is 5.92 Å². The minimum atomic E-state index is -0.413. The van der Waals surface area contributed by atoms with Crippen LogP contribution in [0.1, 0.15) is 30.7 Å². The molecule has 3 rings (SSSR count). The molecule has 2 heterocycles. The first-order valence-electron chi connectivity index (χ1n) is 6.86. The van der Waals surface area contributed by atoms with Gasteiger partial charge in [0.1, 0.15) is 0 Å². The van der Waals surface area contributed by atoms with E-state index >= 15 is 0 Å². The monoisotopic (exact) mass is 293 g/mol. The van der Waals surface area contributed by atoms with Crippen LogP contribution in [0.4, 0.5) is 0 Å². The molecule has 3 unspecified atom stereocenters. The van der Waals surface area contributed by atoms with Crippen LogP contribution in [0, 0.1) is 5.92 Å². The highest BCUT2D eigenvalue weighted by molar-refractivity contribution is 6.31. The van der Waals surface area contributed by atoms with Crippen molar-refractivity contribution >= 4 is 23.4 Å². The number of hydrogen-bond donors (Lipinski definition) is 1. The van der Waals surface area contributed by atoms with E-state index in [2.05, 4.69) is 5.32 Å². The van der Waals surface area contributed by atoms with Gasteiger partial charge in [-0.05, 0) is 24.5 Å². The molecule has 1 aromatic rings. The molecule has 4 nitrogen and oxygen atoms in total.